The van der Waals surface area contributed by atoms with E-state index in [4.69, 9.17) is 5.11 Å². The maximum Gasteiger partial charge on any atom is 0.328 e. The van der Waals surface area contributed by atoms with Crippen LogP contribution in [0.1, 0.15) is 6.92 Å². The molecule has 84 valence electrons. The molecular formula is C8H12N2O5. The maximum atomic E-state index is 11.1. The lowest BCUT2D eigenvalue weighted by Crippen LogP contribution is -2.47. The number of hydrogen-bond acceptors (Lipinski definition) is 5. The third-order valence-corrected chi connectivity index (χ3v) is 1.97. The van der Waals surface area contributed by atoms with Gasteiger partial charge in [0.2, 0.25) is 5.79 Å². The fourth-order valence-corrected chi connectivity index (χ4v) is 0.952. The van der Waals surface area contributed by atoms with Crippen molar-refractivity contribution < 1.29 is 15.3 Å². The van der Waals surface area contributed by atoms with Gasteiger partial charge in [0.25, 0.3) is 5.56 Å². The van der Waals surface area contributed by atoms with Gasteiger partial charge in [-0.3, -0.25) is 14.3 Å². The summed E-state index contributed by atoms with van der Waals surface area (Å²) in [5, 5.41) is 27.6. The molecule has 1 heterocycles. The number of nitrogens with one attached hydrogen (secondary N) is 1. The summed E-state index contributed by atoms with van der Waals surface area (Å²) in [6, 6.07) is 1.07. The molecule has 1 unspecified atom stereocenters. The first-order chi connectivity index (χ1) is 6.83. The Morgan fingerprint density at radius 2 is 2.13 bits per heavy atom. The Kier molecular flexibility index (Phi) is 3.08. The number of aliphatic hydroxyl groups excluding tert-OH is 1. The molecule has 0 amide bonds. The lowest BCUT2D eigenvalue weighted by Gasteiger charge is -2.25. The van der Waals surface area contributed by atoms with Gasteiger partial charge in [0.1, 0.15) is 6.10 Å². The zero-order valence-electron chi connectivity index (χ0n) is 8.04. The Hall–Kier alpha value is -1.44. The van der Waals surface area contributed by atoms with Crippen LogP contribution >= 0.6 is 0 Å². The summed E-state index contributed by atoms with van der Waals surface area (Å²) in [5.74, 6) is -2.41. The van der Waals surface area contributed by atoms with Crippen LogP contribution in [-0.4, -0.2) is 36.8 Å². The molecule has 0 aliphatic heterocycles. The zero-order chi connectivity index (χ0) is 11.6. The van der Waals surface area contributed by atoms with Crippen LogP contribution in [0.5, 0.6) is 0 Å². The van der Waals surface area contributed by atoms with Crippen LogP contribution in [0.25, 0.3) is 0 Å². The van der Waals surface area contributed by atoms with Crippen molar-refractivity contribution >= 4 is 0 Å². The second kappa shape index (κ2) is 3.97. The molecule has 15 heavy (non-hydrogen) atoms. The van der Waals surface area contributed by atoms with E-state index in [9.17, 15) is 19.8 Å². The molecule has 7 heteroatoms. The van der Waals surface area contributed by atoms with Crippen molar-refractivity contribution in [2.24, 2.45) is 0 Å². The van der Waals surface area contributed by atoms with Crippen LogP contribution in [0, 0.1) is 0 Å². The summed E-state index contributed by atoms with van der Waals surface area (Å²) in [4.78, 5) is 23.8. The van der Waals surface area contributed by atoms with E-state index in [-0.39, 0.29) is 0 Å². The third-order valence-electron chi connectivity index (χ3n) is 1.97. The number of aromatic amines is 1. The first-order valence-electron chi connectivity index (χ1n) is 4.25. The number of rotatable bonds is 3. The minimum absolute atomic E-state index is 0.527. The molecular weight excluding hydrogens is 204 g/mol. The molecule has 0 saturated heterocycles. The van der Waals surface area contributed by atoms with Gasteiger partial charge >= 0.3 is 5.69 Å². The van der Waals surface area contributed by atoms with Crippen molar-refractivity contribution in [3.63, 3.8) is 0 Å². The molecule has 7 nitrogen and oxygen atoms in total. The summed E-state index contributed by atoms with van der Waals surface area (Å²) >= 11 is 0. The quantitative estimate of drug-likeness (QED) is 0.420. The van der Waals surface area contributed by atoms with Crippen molar-refractivity contribution in [3.8, 4) is 0 Å². The molecule has 1 aromatic heterocycles. The first-order valence-corrected chi connectivity index (χ1v) is 4.25. The third kappa shape index (κ3) is 2.75. The molecule has 1 rings (SSSR count). The van der Waals surface area contributed by atoms with Crippen LogP contribution in [0.4, 0.5) is 0 Å². The lowest BCUT2D eigenvalue weighted by molar-refractivity contribution is -0.228. The molecule has 1 aromatic rings. The van der Waals surface area contributed by atoms with Gasteiger partial charge in [-0.25, -0.2) is 4.79 Å². The summed E-state index contributed by atoms with van der Waals surface area (Å²) in [5.41, 5.74) is -1.34. The van der Waals surface area contributed by atoms with Gasteiger partial charge in [-0.2, -0.15) is 0 Å². The Morgan fingerprint density at radius 3 is 2.60 bits per heavy atom. The number of aliphatic hydroxyl groups is 3. The smallest absolute Gasteiger partial charge is 0.328 e. The van der Waals surface area contributed by atoms with E-state index in [1.54, 1.807) is 0 Å². The van der Waals surface area contributed by atoms with Gasteiger partial charge in [-0.05, 0) is 6.92 Å². The van der Waals surface area contributed by atoms with E-state index in [1.807, 2.05) is 4.98 Å². The summed E-state index contributed by atoms with van der Waals surface area (Å²) < 4.78 is 0.883. The zero-order valence-corrected chi connectivity index (χ0v) is 8.04. The van der Waals surface area contributed by atoms with E-state index in [2.05, 4.69) is 0 Å². The highest BCUT2D eigenvalue weighted by molar-refractivity contribution is 4.85. The number of nitrogens with zero attached hydrogens (tertiary/aromatic N) is 1. The molecule has 1 atom stereocenters. The molecule has 0 aromatic carbocycles. The van der Waals surface area contributed by atoms with E-state index >= 15 is 0 Å². The van der Waals surface area contributed by atoms with Crippen LogP contribution in [0.15, 0.2) is 21.9 Å². The highest BCUT2D eigenvalue weighted by Crippen LogP contribution is 2.07. The average Bonchev–Trinajstić information content (AvgIpc) is 2.09. The number of aromatic nitrogens is 2. The van der Waals surface area contributed by atoms with E-state index in [0.717, 1.165) is 16.8 Å². The Morgan fingerprint density at radius 1 is 1.53 bits per heavy atom. The average molecular weight is 216 g/mol. The SMILES string of the molecule is CC(O)C(O)(O)Cn1ccc(=O)[nH]c1=O. The Balaban J connectivity index is 3.00. The molecule has 0 bridgehead atoms. The Labute approximate surface area is 84.2 Å². The molecule has 0 fully saturated rings. The molecule has 0 radical (unpaired) electrons. The summed E-state index contributed by atoms with van der Waals surface area (Å²) in [6.45, 7) is 0.650. The normalized spacial score (nSPS) is 13.9. The second-order valence-corrected chi connectivity index (χ2v) is 3.29. The van der Waals surface area contributed by atoms with E-state index in [0.29, 0.717) is 0 Å². The van der Waals surface area contributed by atoms with Crippen molar-refractivity contribution in [2.75, 3.05) is 0 Å². The Bertz CT molecular complexity index is 445. The molecule has 0 aliphatic carbocycles. The lowest BCUT2D eigenvalue weighted by atomic mass is 10.1. The minimum atomic E-state index is -2.41. The van der Waals surface area contributed by atoms with Gasteiger partial charge in [0.05, 0.1) is 6.54 Å². The highest BCUT2D eigenvalue weighted by Gasteiger charge is 2.30. The standard InChI is InChI=1S/C8H12N2O5/c1-5(11)8(14,15)4-10-3-2-6(12)9-7(10)13/h2-3,5,11,14-15H,4H2,1H3,(H,9,12,13). The molecule has 4 N–H and O–H groups in total. The molecule has 0 aliphatic rings. The fraction of sp³-hybridized carbons (Fsp3) is 0.500. The van der Waals surface area contributed by atoms with Crippen molar-refractivity contribution in [1.29, 1.82) is 0 Å². The highest BCUT2D eigenvalue weighted by atomic mass is 16.5. The van der Waals surface area contributed by atoms with Crippen LogP contribution in [-0.2, 0) is 6.54 Å². The van der Waals surface area contributed by atoms with Gasteiger partial charge in [0.15, 0.2) is 0 Å². The molecule has 0 saturated carbocycles. The monoisotopic (exact) mass is 216 g/mol. The summed E-state index contributed by atoms with van der Waals surface area (Å²) in [7, 11) is 0. The van der Waals surface area contributed by atoms with Crippen LogP contribution in [0.3, 0.4) is 0 Å². The number of H-pyrrole nitrogens is 1. The van der Waals surface area contributed by atoms with Crippen molar-refractivity contribution in [3.05, 3.63) is 33.1 Å². The predicted molar refractivity (Wildman–Crippen MR) is 50.2 cm³/mol. The summed E-state index contributed by atoms with van der Waals surface area (Å²) in [6.07, 6.45) is -0.304. The van der Waals surface area contributed by atoms with Gasteiger partial charge < -0.3 is 15.3 Å². The van der Waals surface area contributed by atoms with E-state index in [1.165, 1.54) is 6.92 Å². The molecule has 0 spiro atoms. The van der Waals surface area contributed by atoms with Crippen LogP contribution in [0.2, 0.25) is 0 Å². The van der Waals surface area contributed by atoms with Crippen molar-refractivity contribution in [2.45, 2.75) is 25.4 Å². The van der Waals surface area contributed by atoms with Crippen LogP contribution < -0.4 is 11.2 Å². The van der Waals surface area contributed by atoms with Gasteiger partial charge in [0, 0.05) is 12.3 Å². The van der Waals surface area contributed by atoms with E-state index < -0.39 is 29.7 Å². The topological polar surface area (TPSA) is 116 Å². The van der Waals surface area contributed by atoms with Gasteiger partial charge in [-0.15, -0.1) is 0 Å². The van der Waals surface area contributed by atoms with Gasteiger partial charge in [-0.1, -0.05) is 0 Å². The maximum absolute atomic E-state index is 11.1. The minimum Gasteiger partial charge on any atom is -0.388 e. The second-order valence-electron chi connectivity index (χ2n) is 3.29. The first kappa shape index (κ1) is 11.6. The van der Waals surface area contributed by atoms with Crippen molar-refractivity contribution in [1.82, 2.24) is 9.55 Å². The predicted octanol–water partition coefficient (Wildman–Crippen LogP) is -2.40. The largest absolute Gasteiger partial charge is 0.388 e. The fourth-order valence-electron chi connectivity index (χ4n) is 0.952. The number of hydrogen-bond donors (Lipinski definition) is 4.